The Balaban J connectivity index is 1.79. The fourth-order valence-corrected chi connectivity index (χ4v) is 3.89. The SMILES string of the molecule is CCOc1ccc(-c2noc(CS(=O)(=O)c3ccc(OC)c(Cl)c3)n2)cc1. The van der Waals surface area contributed by atoms with Gasteiger partial charge >= 0.3 is 0 Å². The highest BCUT2D eigenvalue weighted by molar-refractivity contribution is 7.90. The first-order valence-electron chi connectivity index (χ1n) is 8.05. The van der Waals surface area contributed by atoms with E-state index in [1.54, 1.807) is 24.3 Å². The van der Waals surface area contributed by atoms with E-state index in [0.717, 1.165) is 5.75 Å². The average Bonchev–Trinajstić information content (AvgIpc) is 3.10. The number of aromatic nitrogens is 2. The Bertz CT molecular complexity index is 1030. The lowest BCUT2D eigenvalue weighted by Gasteiger charge is -2.06. The van der Waals surface area contributed by atoms with E-state index in [4.69, 9.17) is 25.6 Å². The molecule has 0 spiro atoms. The third kappa shape index (κ3) is 4.40. The highest BCUT2D eigenvalue weighted by Gasteiger charge is 2.21. The normalized spacial score (nSPS) is 11.4. The highest BCUT2D eigenvalue weighted by atomic mass is 35.5. The van der Waals surface area contributed by atoms with Crippen LogP contribution in [0.5, 0.6) is 11.5 Å². The van der Waals surface area contributed by atoms with E-state index in [-0.39, 0.29) is 15.8 Å². The first kappa shape index (κ1) is 19.2. The van der Waals surface area contributed by atoms with Gasteiger partial charge in [-0.3, -0.25) is 0 Å². The van der Waals surface area contributed by atoms with E-state index in [1.807, 2.05) is 6.92 Å². The van der Waals surface area contributed by atoms with Gasteiger partial charge in [0.05, 0.1) is 23.6 Å². The van der Waals surface area contributed by atoms with Crippen LogP contribution < -0.4 is 9.47 Å². The minimum absolute atomic E-state index is 0.00850. The van der Waals surface area contributed by atoms with Gasteiger partial charge in [-0.05, 0) is 49.4 Å². The molecule has 0 saturated heterocycles. The van der Waals surface area contributed by atoms with Crippen LogP contribution in [-0.4, -0.2) is 32.3 Å². The van der Waals surface area contributed by atoms with Crippen molar-refractivity contribution in [2.24, 2.45) is 0 Å². The molecule has 0 aliphatic carbocycles. The maximum Gasteiger partial charge on any atom is 0.242 e. The summed E-state index contributed by atoms with van der Waals surface area (Å²) in [7, 11) is -2.25. The zero-order chi connectivity index (χ0) is 19.4. The molecule has 142 valence electrons. The van der Waals surface area contributed by atoms with Crippen molar-refractivity contribution >= 4 is 21.4 Å². The second-order valence-corrected chi connectivity index (χ2v) is 7.92. The van der Waals surface area contributed by atoms with Gasteiger partial charge in [0.2, 0.25) is 11.7 Å². The molecule has 0 aliphatic rings. The van der Waals surface area contributed by atoms with Gasteiger partial charge in [0.25, 0.3) is 0 Å². The zero-order valence-electron chi connectivity index (χ0n) is 14.7. The number of hydrogen-bond donors (Lipinski definition) is 0. The van der Waals surface area contributed by atoms with Gasteiger partial charge in [-0.25, -0.2) is 8.42 Å². The Hall–Kier alpha value is -2.58. The number of ether oxygens (including phenoxy) is 2. The Labute approximate surface area is 161 Å². The standard InChI is InChI=1S/C18H17ClN2O5S/c1-3-25-13-6-4-12(5-7-13)18-20-17(26-21-18)11-27(22,23)14-8-9-16(24-2)15(19)10-14/h4-10H,3,11H2,1-2H3. The second kappa shape index (κ2) is 7.98. The molecule has 1 heterocycles. The quantitative estimate of drug-likeness (QED) is 0.587. The van der Waals surface area contributed by atoms with Crippen LogP contribution in [0.2, 0.25) is 5.02 Å². The summed E-state index contributed by atoms with van der Waals surface area (Å²) in [5.74, 6) is 0.983. The van der Waals surface area contributed by atoms with Crippen molar-refractivity contribution in [1.29, 1.82) is 0 Å². The molecule has 3 aromatic rings. The Morgan fingerprint density at radius 2 is 1.89 bits per heavy atom. The minimum atomic E-state index is -3.70. The van der Waals surface area contributed by atoms with Crippen molar-refractivity contribution in [3.8, 4) is 22.9 Å². The summed E-state index contributed by atoms with van der Waals surface area (Å²) in [6.45, 7) is 2.47. The van der Waals surface area contributed by atoms with Crippen LogP contribution >= 0.6 is 11.6 Å². The lowest BCUT2D eigenvalue weighted by Crippen LogP contribution is -2.05. The summed E-state index contributed by atoms with van der Waals surface area (Å²) < 4.78 is 40.7. The van der Waals surface area contributed by atoms with Gasteiger partial charge in [0, 0.05) is 5.56 Å². The van der Waals surface area contributed by atoms with Gasteiger partial charge < -0.3 is 14.0 Å². The fraction of sp³-hybridized carbons (Fsp3) is 0.222. The molecule has 0 saturated carbocycles. The maximum atomic E-state index is 12.6. The summed E-state index contributed by atoms with van der Waals surface area (Å²) in [5, 5.41) is 4.06. The summed E-state index contributed by atoms with van der Waals surface area (Å²) in [5.41, 5.74) is 0.693. The van der Waals surface area contributed by atoms with Crippen molar-refractivity contribution in [3.63, 3.8) is 0 Å². The molecular formula is C18H17ClN2O5S. The molecule has 0 atom stereocenters. The van der Waals surface area contributed by atoms with Crippen molar-refractivity contribution in [1.82, 2.24) is 10.1 Å². The van der Waals surface area contributed by atoms with Crippen molar-refractivity contribution < 1.29 is 22.4 Å². The molecule has 0 radical (unpaired) electrons. The van der Waals surface area contributed by atoms with Crippen LogP contribution in [0.3, 0.4) is 0 Å². The van der Waals surface area contributed by atoms with Gasteiger partial charge in [0.15, 0.2) is 9.84 Å². The first-order chi connectivity index (χ1) is 12.9. The molecule has 27 heavy (non-hydrogen) atoms. The van der Waals surface area contributed by atoms with Crippen LogP contribution in [0, 0.1) is 0 Å². The van der Waals surface area contributed by atoms with Crippen molar-refractivity contribution in [2.75, 3.05) is 13.7 Å². The average molecular weight is 409 g/mol. The molecule has 0 N–H and O–H groups in total. The third-order valence-electron chi connectivity index (χ3n) is 3.69. The number of sulfone groups is 1. The Morgan fingerprint density at radius 1 is 1.15 bits per heavy atom. The van der Waals surface area contributed by atoms with Gasteiger partial charge in [-0.2, -0.15) is 4.98 Å². The van der Waals surface area contributed by atoms with E-state index in [2.05, 4.69) is 10.1 Å². The molecule has 0 fully saturated rings. The van der Waals surface area contributed by atoms with E-state index < -0.39 is 15.6 Å². The van der Waals surface area contributed by atoms with Crippen LogP contribution in [0.1, 0.15) is 12.8 Å². The molecule has 0 amide bonds. The summed E-state index contributed by atoms with van der Waals surface area (Å²) in [6.07, 6.45) is 0. The molecular weight excluding hydrogens is 392 g/mol. The summed E-state index contributed by atoms with van der Waals surface area (Å²) in [6, 6.07) is 11.4. The van der Waals surface area contributed by atoms with Crippen LogP contribution in [0.15, 0.2) is 51.9 Å². The van der Waals surface area contributed by atoms with E-state index in [9.17, 15) is 8.42 Å². The lowest BCUT2D eigenvalue weighted by atomic mass is 10.2. The topological polar surface area (TPSA) is 91.5 Å². The highest BCUT2D eigenvalue weighted by Crippen LogP contribution is 2.28. The Morgan fingerprint density at radius 3 is 2.52 bits per heavy atom. The molecule has 2 aromatic carbocycles. The number of methoxy groups -OCH3 is 1. The second-order valence-electron chi connectivity index (χ2n) is 5.52. The predicted octanol–water partition coefficient (Wildman–Crippen LogP) is 3.77. The molecule has 9 heteroatoms. The fourth-order valence-electron chi connectivity index (χ4n) is 2.38. The predicted molar refractivity (Wildman–Crippen MR) is 99.8 cm³/mol. The van der Waals surface area contributed by atoms with E-state index >= 15 is 0 Å². The van der Waals surface area contributed by atoms with Gasteiger partial charge in [-0.15, -0.1) is 0 Å². The number of nitrogens with zero attached hydrogens (tertiary/aromatic N) is 2. The molecule has 0 unspecified atom stereocenters. The molecule has 7 nitrogen and oxygen atoms in total. The summed E-state index contributed by atoms with van der Waals surface area (Å²) >= 11 is 6.01. The van der Waals surface area contributed by atoms with Crippen LogP contribution in [0.4, 0.5) is 0 Å². The van der Waals surface area contributed by atoms with E-state index in [0.29, 0.717) is 23.7 Å². The van der Waals surface area contributed by atoms with Crippen LogP contribution in [0.25, 0.3) is 11.4 Å². The smallest absolute Gasteiger partial charge is 0.242 e. The lowest BCUT2D eigenvalue weighted by molar-refractivity contribution is 0.340. The number of benzene rings is 2. The van der Waals surface area contributed by atoms with Gasteiger partial charge in [-0.1, -0.05) is 16.8 Å². The number of rotatable bonds is 7. The molecule has 3 rings (SSSR count). The Kier molecular flexibility index (Phi) is 5.67. The monoisotopic (exact) mass is 408 g/mol. The van der Waals surface area contributed by atoms with Crippen molar-refractivity contribution in [3.05, 3.63) is 53.4 Å². The van der Waals surface area contributed by atoms with Crippen LogP contribution in [-0.2, 0) is 15.6 Å². The van der Waals surface area contributed by atoms with Gasteiger partial charge in [0.1, 0.15) is 17.3 Å². The third-order valence-corrected chi connectivity index (χ3v) is 5.58. The number of hydrogen-bond acceptors (Lipinski definition) is 7. The van der Waals surface area contributed by atoms with Crippen molar-refractivity contribution in [2.45, 2.75) is 17.6 Å². The minimum Gasteiger partial charge on any atom is -0.495 e. The first-order valence-corrected chi connectivity index (χ1v) is 10.1. The number of halogens is 1. The molecule has 1 aromatic heterocycles. The molecule has 0 aliphatic heterocycles. The zero-order valence-corrected chi connectivity index (χ0v) is 16.2. The maximum absolute atomic E-state index is 12.6. The van der Waals surface area contributed by atoms with E-state index in [1.165, 1.54) is 25.3 Å². The molecule has 0 bridgehead atoms. The largest absolute Gasteiger partial charge is 0.495 e. The summed E-state index contributed by atoms with van der Waals surface area (Å²) in [4.78, 5) is 4.22.